The molecule has 0 bridgehead atoms. The number of benzene rings is 3. The lowest BCUT2D eigenvalue weighted by atomic mass is 9.99. The molecular formula is C26H28N2O3. The zero-order valence-electron chi connectivity index (χ0n) is 18.0. The van der Waals surface area contributed by atoms with E-state index in [1.165, 1.54) is 5.56 Å². The molecule has 0 radical (unpaired) electrons. The molecule has 1 unspecified atom stereocenters. The minimum Gasteiger partial charge on any atom is -0.489 e. The molecule has 5 heteroatoms. The van der Waals surface area contributed by atoms with Crippen LogP contribution in [-0.4, -0.2) is 18.7 Å². The van der Waals surface area contributed by atoms with Crippen molar-refractivity contribution in [3.8, 4) is 11.5 Å². The lowest BCUT2D eigenvalue weighted by Crippen LogP contribution is -2.24. The highest BCUT2D eigenvalue weighted by atomic mass is 16.5. The summed E-state index contributed by atoms with van der Waals surface area (Å²) in [4.78, 5) is 12.0. The van der Waals surface area contributed by atoms with E-state index in [0.29, 0.717) is 18.3 Å². The fourth-order valence-electron chi connectivity index (χ4n) is 2.91. The molecule has 31 heavy (non-hydrogen) atoms. The van der Waals surface area contributed by atoms with Crippen LogP contribution in [0.2, 0.25) is 0 Å². The summed E-state index contributed by atoms with van der Waals surface area (Å²) < 4.78 is 11.3. The lowest BCUT2D eigenvalue weighted by Gasteiger charge is -2.10. The molecule has 1 atom stereocenters. The number of hydrogen-bond acceptors (Lipinski definition) is 4. The molecule has 0 saturated carbocycles. The monoisotopic (exact) mass is 416 g/mol. The van der Waals surface area contributed by atoms with Gasteiger partial charge in [-0.25, -0.2) is 5.43 Å². The van der Waals surface area contributed by atoms with Gasteiger partial charge in [-0.1, -0.05) is 68.4 Å². The SMILES string of the molecule is CCC(C)c1ccc(OCC(=O)NN=Cc2cccc(OCc3ccccc3)c2)cc1. The predicted molar refractivity (Wildman–Crippen MR) is 124 cm³/mol. The second-order valence-corrected chi connectivity index (χ2v) is 7.31. The first kappa shape index (κ1) is 22.1. The first-order valence-electron chi connectivity index (χ1n) is 10.5. The topological polar surface area (TPSA) is 59.9 Å². The molecule has 5 nitrogen and oxygen atoms in total. The third kappa shape index (κ3) is 7.30. The Labute approximate surface area is 183 Å². The first-order chi connectivity index (χ1) is 15.1. The molecule has 0 aliphatic carbocycles. The molecule has 3 aromatic carbocycles. The average Bonchev–Trinajstić information content (AvgIpc) is 2.82. The van der Waals surface area contributed by atoms with Crippen molar-refractivity contribution < 1.29 is 14.3 Å². The summed E-state index contributed by atoms with van der Waals surface area (Å²) in [6, 6.07) is 25.3. The summed E-state index contributed by atoms with van der Waals surface area (Å²) in [5.41, 5.74) is 5.67. The van der Waals surface area contributed by atoms with Crippen molar-refractivity contribution in [1.29, 1.82) is 0 Å². The van der Waals surface area contributed by atoms with E-state index in [1.807, 2.05) is 78.9 Å². The Morgan fingerprint density at radius 2 is 1.74 bits per heavy atom. The Morgan fingerprint density at radius 3 is 2.48 bits per heavy atom. The van der Waals surface area contributed by atoms with Crippen LogP contribution in [0.1, 0.15) is 42.9 Å². The van der Waals surface area contributed by atoms with E-state index in [9.17, 15) is 4.79 Å². The molecule has 3 rings (SSSR count). The quantitative estimate of drug-likeness (QED) is 0.360. The van der Waals surface area contributed by atoms with E-state index in [-0.39, 0.29) is 12.5 Å². The second-order valence-electron chi connectivity index (χ2n) is 7.31. The van der Waals surface area contributed by atoms with Crippen LogP contribution < -0.4 is 14.9 Å². The largest absolute Gasteiger partial charge is 0.489 e. The lowest BCUT2D eigenvalue weighted by molar-refractivity contribution is -0.123. The van der Waals surface area contributed by atoms with Crippen molar-refractivity contribution in [2.24, 2.45) is 5.10 Å². The number of ether oxygens (including phenoxy) is 2. The molecule has 160 valence electrons. The van der Waals surface area contributed by atoms with Crippen LogP contribution in [0.15, 0.2) is 84.0 Å². The maximum Gasteiger partial charge on any atom is 0.277 e. The maximum absolute atomic E-state index is 12.0. The van der Waals surface area contributed by atoms with Gasteiger partial charge in [0.05, 0.1) is 6.21 Å². The molecule has 0 aromatic heterocycles. The number of carbonyl (C=O) groups excluding carboxylic acids is 1. The molecule has 3 aromatic rings. The van der Waals surface area contributed by atoms with Gasteiger partial charge in [-0.05, 0) is 53.3 Å². The van der Waals surface area contributed by atoms with Crippen LogP contribution in [0.5, 0.6) is 11.5 Å². The molecule has 0 aliphatic rings. The van der Waals surface area contributed by atoms with Gasteiger partial charge in [-0.3, -0.25) is 4.79 Å². The Kier molecular flexibility index (Phi) is 8.23. The van der Waals surface area contributed by atoms with Gasteiger partial charge < -0.3 is 9.47 Å². The molecule has 1 N–H and O–H groups in total. The molecule has 0 heterocycles. The fraction of sp³-hybridized carbons (Fsp3) is 0.231. The number of nitrogens with zero attached hydrogens (tertiary/aromatic N) is 1. The Bertz CT molecular complexity index is 985. The summed E-state index contributed by atoms with van der Waals surface area (Å²) in [7, 11) is 0. The summed E-state index contributed by atoms with van der Waals surface area (Å²) in [5, 5.41) is 4.00. The summed E-state index contributed by atoms with van der Waals surface area (Å²) >= 11 is 0. The van der Waals surface area contributed by atoms with Crippen LogP contribution in [0.25, 0.3) is 0 Å². The number of nitrogens with one attached hydrogen (secondary N) is 1. The summed E-state index contributed by atoms with van der Waals surface area (Å²) in [5.74, 6) is 1.59. The van der Waals surface area contributed by atoms with E-state index >= 15 is 0 Å². The van der Waals surface area contributed by atoms with Gasteiger partial charge in [0, 0.05) is 0 Å². The van der Waals surface area contributed by atoms with Gasteiger partial charge in [0.1, 0.15) is 18.1 Å². The molecule has 0 aliphatic heterocycles. The Balaban J connectivity index is 1.44. The molecule has 0 spiro atoms. The van der Waals surface area contributed by atoms with Gasteiger partial charge in [0.2, 0.25) is 0 Å². The van der Waals surface area contributed by atoms with Crippen LogP contribution in [0.4, 0.5) is 0 Å². The Morgan fingerprint density at radius 1 is 0.968 bits per heavy atom. The standard InChI is InChI=1S/C26H28N2O3/c1-3-20(2)23-12-14-24(15-13-23)31-19-26(29)28-27-17-22-10-7-11-25(16-22)30-18-21-8-5-4-6-9-21/h4-17,20H,3,18-19H2,1-2H3,(H,28,29). The fourth-order valence-corrected chi connectivity index (χ4v) is 2.91. The van der Waals surface area contributed by atoms with Crippen LogP contribution in [-0.2, 0) is 11.4 Å². The van der Waals surface area contributed by atoms with Crippen molar-refractivity contribution in [2.45, 2.75) is 32.8 Å². The number of carbonyl (C=O) groups is 1. The highest BCUT2D eigenvalue weighted by molar-refractivity contribution is 5.83. The zero-order chi connectivity index (χ0) is 21.9. The maximum atomic E-state index is 12.0. The van der Waals surface area contributed by atoms with E-state index in [1.54, 1.807) is 6.21 Å². The zero-order valence-corrected chi connectivity index (χ0v) is 18.0. The van der Waals surface area contributed by atoms with Gasteiger partial charge in [0.25, 0.3) is 5.91 Å². The van der Waals surface area contributed by atoms with Gasteiger partial charge in [-0.2, -0.15) is 5.10 Å². The van der Waals surface area contributed by atoms with Crippen molar-refractivity contribution >= 4 is 12.1 Å². The van der Waals surface area contributed by atoms with Crippen LogP contribution >= 0.6 is 0 Å². The average molecular weight is 417 g/mol. The third-order valence-corrected chi connectivity index (χ3v) is 4.94. The van der Waals surface area contributed by atoms with Gasteiger partial charge >= 0.3 is 0 Å². The molecular weight excluding hydrogens is 388 g/mol. The number of amides is 1. The van der Waals surface area contributed by atoms with Crippen molar-refractivity contribution in [3.05, 3.63) is 95.6 Å². The van der Waals surface area contributed by atoms with E-state index in [2.05, 4.69) is 24.4 Å². The molecule has 1 amide bonds. The van der Waals surface area contributed by atoms with Crippen LogP contribution in [0, 0.1) is 0 Å². The normalized spacial score (nSPS) is 11.8. The highest BCUT2D eigenvalue weighted by Crippen LogP contribution is 2.21. The summed E-state index contributed by atoms with van der Waals surface area (Å²) in [6.07, 6.45) is 2.66. The van der Waals surface area contributed by atoms with Crippen molar-refractivity contribution in [1.82, 2.24) is 5.43 Å². The van der Waals surface area contributed by atoms with Crippen molar-refractivity contribution in [2.75, 3.05) is 6.61 Å². The van der Waals surface area contributed by atoms with Crippen LogP contribution in [0.3, 0.4) is 0 Å². The van der Waals surface area contributed by atoms with E-state index in [4.69, 9.17) is 9.47 Å². The van der Waals surface area contributed by atoms with Crippen molar-refractivity contribution in [3.63, 3.8) is 0 Å². The molecule has 0 fully saturated rings. The second kappa shape index (κ2) is 11.6. The smallest absolute Gasteiger partial charge is 0.277 e. The minimum atomic E-state index is -0.321. The third-order valence-electron chi connectivity index (χ3n) is 4.94. The minimum absolute atomic E-state index is 0.0970. The first-order valence-corrected chi connectivity index (χ1v) is 10.5. The highest BCUT2D eigenvalue weighted by Gasteiger charge is 2.05. The van der Waals surface area contributed by atoms with Gasteiger partial charge in [-0.15, -0.1) is 0 Å². The van der Waals surface area contributed by atoms with E-state index < -0.39 is 0 Å². The number of hydrazone groups is 1. The predicted octanol–water partition coefficient (Wildman–Crippen LogP) is 5.31. The van der Waals surface area contributed by atoms with Gasteiger partial charge in [0.15, 0.2) is 6.61 Å². The summed E-state index contributed by atoms with van der Waals surface area (Å²) in [6.45, 7) is 4.74. The molecule has 0 saturated heterocycles. The Hall–Kier alpha value is -3.60. The van der Waals surface area contributed by atoms with E-state index in [0.717, 1.165) is 23.3 Å². The number of rotatable bonds is 10. The number of hydrogen-bond donors (Lipinski definition) is 1.